The highest BCUT2D eigenvalue weighted by molar-refractivity contribution is 5.76. The molecule has 0 saturated carbocycles. The summed E-state index contributed by atoms with van der Waals surface area (Å²) in [6.07, 6.45) is 46.7. The van der Waals surface area contributed by atoms with Crippen LogP contribution in [-0.4, -0.2) is 140 Å². The lowest BCUT2D eigenvalue weighted by Gasteiger charge is -2.46. The first-order valence-electron chi connectivity index (χ1n) is 33.6. The van der Waals surface area contributed by atoms with Gasteiger partial charge >= 0.3 is 0 Å². The molecule has 9 N–H and O–H groups in total. The molecule has 2 fully saturated rings. The van der Waals surface area contributed by atoms with Crippen molar-refractivity contribution in [2.24, 2.45) is 0 Å². The third kappa shape index (κ3) is 36.3. The molecule has 2 aliphatic heterocycles. The summed E-state index contributed by atoms with van der Waals surface area (Å²) in [5.41, 5.74) is 0. The molecule has 14 nitrogen and oxygen atoms in total. The normalized spacial score (nSPS) is 24.3. The molecule has 0 aliphatic carbocycles. The number of amides is 1. The van der Waals surface area contributed by atoms with Crippen molar-refractivity contribution in [1.29, 1.82) is 0 Å². The Kier molecular flexibility index (Phi) is 48.3. The van der Waals surface area contributed by atoms with Crippen molar-refractivity contribution in [3.63, 3.8) is 0 Å². The van der Waals surface area contributed by atoms with Gasteiger partial charge in [0.25, 0.3) is 0 Å². The van der Waals surface area contributed by atoms with Gasteiger partial charge in [-0.3, -0.25) is 4.79 Å². The van der Waals surface area contributed by atoms with Crippen LogP contribution in [0.4, 0.5) is 0 Å². The van der Waals surface area contributed by atoms with Gasteiger partial charge in [0.1, 0.15) is 48.8 Å². The zero-order valence-corrected chi connectivity index (χ0v) is 51.1. The SMILES string of the molecule is CCCCCCCCCCCC/C=C/CC/C=C/C(O)C(COC1OC(CO)C(OC2OC(CO)C(O)C(O)C2O)C(O)C1O)NC(=O)CCCCCCCCCCCCCCCCCCCCCCCCCCCCCCCC. The smallest absolute Gasteiger partial charge is 0.220 e. The van der Waals surface area contributed by atoms with Crippen LogP contribution in [0.15, 0.2) is 24.3 Å². The Morgan fingerprint density at radius 1 is 0.438 bits per heavy atom. The second-order valence-electron chi connectivity index (χ2n) is 24.0. The Labute approximate surface area is 488 Å². The van der Waals surface area contributed by atoms with E-state index in [1.165, 1.54) is 231 Å². The van der Waals surface area contributed by atoms with Gasteiger partial charge < -0.3 is 65.1 Å². The molecule has 0 aromatic carbocycles. The van der Waals surface area contributed by atoms with Crippen LogP contribution in [0.2, 0.25) is 0 Å². The minimum absolute atomic E-state index is 0.243. The fraction of sp³-hybridized carbons (Fsp3) is 0.924. The summed E-state index contributed by atoms with van der Waals surface area (Å²) < 4.78 is 22.8. The Morgan fingerprint density at radius 2 is 0.800 bits per heavy atom. The Bertz CT molecular complexity index is 1440. The van der Waals surface area contributed by atoms with E-state index in [2.05, 4.69) is 31.3 Å². The second kappa shape index (κ2) is 51.9. The Hall–Kier alpha value is -1.53. The van der Waals surface area contributed by atoms with Crippen molar-refractivity contribution in [2.45, 2.75) is 370 Å². The molecule has 2 aliphatic rings. The number of unbranched alkanes of at least 4 members (excludes halogenated alkanes) is 40. The lowest BCUT2D eigenvalue weighted by Crippen LogP contribution is -2.65. The van der Waals surface area contributed by atoms with Gasteiger partial charge in [-0.2, -0.15) is 0 Å². The van der Waals surface area contributed by atoms with Crippen molar-refractivity contribution >= 4 is 5.91 Å². The molecule has 2 heterocycles. The predicted molar refractivity (Wildman–Crippen MR) is 323 cm³/mol. The first kappa shape index (κ1) is 74.6. The summed E-state index contributed by atoms with van der Waals surface area (Å²) in [5, 5.41) is 87.2. The second-order valence-corrected chi connectivity index (χ2v) is 24.0. The van der Waals surface area contributed by atoms with Crippen LogP contribution in [0.5, 0.6) is 0 Å². The van der Waals surface area contributed by atoms with Gasteiger partial charge in [0.2, 0.25) is 5.91 Å². The van der Waals surface area contributed by atoms with Crippen molar-refractivity contribution in [3.8, 4) is 0 Å². The van der Waals surface area contributed by atoms with E-state index in [1.54, 1.807) is 6.08 Å². The zero-order valence-electron chi connectivity index (χ0n) is 51.1. The van der Waals surface area contributed by atoms with Crippen LogP contribution in [0, 0.1) is 0 Å². The minimum atomic E-state index is -1.79. The summed E-state index contributed by atoms with van der Waals surface area (Å²) in [5.74, 6) is -0.243. The number of aliphatic hydroxyl groups excluding tert-OH is 8. The largest absolute Gasteiger partial charge is 0.394 e. The monoisotopic (exact) mass is 1140 g/mol. The first-order chi connectivity index (χ1) is 39.1. The molecule has 0 bridgehead atoms. The quantitative estimate of drug-likeness (QED) is 0.0204. The zero-order chi connectivity index (χ0) is 58.1. The molecule has 0 radical (unpaired) electrons. The maximum atomic E-state index is 13.3. The van der Waals surface area contributed by atoms with Gasteiger partial charge in [-0.15, -0.1) is 0 Å². The number of ether oxygens (including phenoxy) is 4. The van der Waals surface area contributed by atoms with Crippen LogP contribution >= 0.6 is 0 Å². The Morgan fingerprint density at radius 3 is 1.23 bits per heavy atom. The first-order valence-corrected chi connectivity index (χ1v) is 33.6. The lowest BCUT2D eigenvalue weighted by atomic mass is 9.97. The number of nitrogens with one attached hydrogen (secondary N) is 1. The highest BCUT2D eigenvalue weighted by Crippen LogP contribution is 2.30. The number of allylic oxidation sites excluding steroid dienone is 3. The maximum Gasteiger partial charge on any atom is 0.220 e. The number of carbonyl (C=O) groups is 1. The molecule has 12 atom stereocenters. The van der Waals surface area contributed by atoms with E-state index >= 15 is 0 Å². The van der Waals surface area contributed by atoms with E-state index in [1.807, 2.05) is 6.08 Å². The molecule has 80 heavy (non-hydrogen) atoms. The average molecular weight is 1140 g/mol. The molecule has 2 rings (SSSR count). The number of aliphatic hydroxyl groups is 8. The van der Waals surface area contributed by atoms with Gasteiger partial charge in [0.15, 0.2) is 12.6 Å². The molecule has 1 amide bonds. The third-order valence-corrected chi connectivity index (χ3v) is 16.6. The van der Waals surface area contributed by atoms with Crippen molar-refractivity contribution in [1.82, 2.24) is 5.32 Å². The highest BCUT2D eigenvalue weighted by atomic mass is 16.7. The topological polar surface area (TPSA) is 228 Å². The van der Waals surface area contributed by atoms with Crippen LogP contribution in [0.1, 0.15) is 296 Å². The summed E-state index contributed by atoms with van der Waals surface area (Å²) in [6.45, 7) is 2.82. The van der Waals surface area contributed by atoms with E-state index in [0.717, 1.165) is 32.1 Å². The Balaban J connectivity index is 1.66. The van der Waals surface area contributed by atoms with Crippen LogP contribution in [-0.2, 0) is 23.7 Å². The van der Waals surface area contributed by atoms with Gasteiger partial charge in [-0.25, -0.2) is 0 Å². The number of carbonyl (C=O) groups excluding carboxylic acids is 1. The van der Waals surface area contributed by atoms with E-state index in [9.17, 15) is 45.6 Å². The van der Waals surface area contributed by atoms with Gasteiger partial charge in [0, 0.05) is 6.42 Å². The number of rotatable bonds is 55. The van der Waals surface area contributed by atoms with E-state index < -0.39 is 86.8 Å². The molecule has 12 unspecified atom stereocenters. The molecule has 0 spiro atoms. The summed E-state index contributed by atoms with van der Waals surface area (Å²) in [4.78, 5) is 13.3. The molecule has 472 valence electrons. The van der Waals surface area contributed by atoms with Crippen molar-refractivity contribution in [3.05, 3.63) is 24.3 Å². The van der Waals surface area contributed by atoms with Crippen molar-refractivity contribution in [2.75, 3.05) is 19.8 Å². The molecular formula is C66H125NO13. The van der Waals surface area contributed by atoms with Gasteiger partial charge in [0.05, 0.1) is 32.0 Å². The summed E-state index contributed by atoms with van der Waals surface area (Å²) >= 11 is 0. The number of hydrogen-bond donors (Lipinski definition) is 9. The molecule has 2 saturated heterocycles. The van der Waals surface area contributed by atoms with E-state index in [4.69, 9.17) is 18.9 Å². The van der Waals surface area contributed by atoms with Crippen molar-refractivity contribution < 1.29 is 64.6 Å². The third-order valence-electron chi connectivity index (χ3n) is 16.6. The summed E-state index contributed by atoms with van der Waals surface area (Å²) in [6, 6.07) is -0.928. The van der Waals surface area contributed by atoms with E-state index in [0.29, 0.717) is 12.8 Å². The van der Waals surface area contributed by atoms with E-state index in [-0.39, 0.29) is 18.9 Å². The highest BCUT2D eigenvalue weighted by Gasteiger charge is 2.51. The maximum absolute atomic E-state index is 13.3. The van der Waals surface area contributed by atoms with Crippen LogP contribution < -0.4 is 5.32 Å². The molecule has 0 aromatic rings. The fourth-order valence-electron chi connectivity index (χ4n) is 11.3. The number of hydrogen-bond acceptors (Lipinski definition) is 13. The predicted octanol–water partition coefficient (Wildman–Crippen LogP) is 12.8. The van der Waals surface area contributed by atoms with Gasteiger partial charge in [-0.1, -0.05) is 282 Å². The molecule has 0 aromatic heterocycles. The van der Waals surface area contributed by atoms with Crippen LogP contribution in [0.3, 0.4) is 0 Å². The standard InChI is InChI=1S/C66H125NO13/c1-3-5-7-9-11-13-15-17-19-21-22-23-24-25-26-27-28-29-30-31-32-33-34-36-38-40-42-44-46-48-50-58(71)67-54(55(70)49-47-45-43-41-39-37-35-20-18-16-14-12-10-8-6-4-2)53-77-65-63(76)61(74)64(57(52-69)79-65)80-66-62(75)60(73)59(72)56(51-68)78-66/h39,41,47,49,54-57,59-66,68-70,72-76H,3-38,40,42-46,48,50-53H2,1-2H3,(H,67,71)/b41-39+,49-47+. The molecule has 14 heteroatoms. The lowest BCUT2D eigenvalue weighted by molar-refractivity contribution is -0.359. The summed E-state index contributed by atoms with van der Waals surface area (Å²) in [7, 11) is 0. The van der Waals surface area contributed by atoms with Crippen LogP contribution in [0.25, 0.3) is 0 Å². The average Bonchev–Trinajstić information content (AvgIpc) is 3.49. The fourth-order valence-corrected chi connectivity index (χ4v) is 11.3. The minimum Gasteiger partial charge on any atom is -0.394 e. The van der Waals surface area contributed by atoms with Gasteiger partial charge in [-0.05, 0) is 32.1 Å². The molecular weight excluding hydrogens is 1010 g/mol.